The van der Waals surface area contributed by atoms with Crippen LogP contribution in [0.1, 0.15) is 5.56 Å². The quantitative estimate of drug-likeness (QED) is 0.668. The first-order valence-electron chi connectivity index (χ1n) is 7.40. The summed E-state index contributed by atoms with van der Waals surface area (Å²) in [6.07, 6.45) is 3.16. The molecule has 0 unspecified atom stereocenters. The van der Waals surface area contributed by atoms with E-state index in [1.54, 1.807) is 36.7 Å². The number of sulfonamides is 1. The topological polar surface area (TPSA) is 50.3 Å². The molecule has 0 saturated carbocycles. The number of hydrogen-bond acceptors (Lipinski definition) is 3. The molecule has 2 aromatic carbocycles. The van der Waals surface area contributed by atoms with E-state index in [1.807, 2.05) is 0 Å². The second-order valence-corrected chi connectivity index (χ2v) is 7.52. The number of anilines is 1. The minimum absolute atomic E-state index is 0.00481. The van der Waals surface area contributed by atoms with Crippen LogP contribution in [0.15, 0.2) is 78.0 Å². The van der Waals surface area contributed by atoms with Crippen molar-refractivity contribution in [2.45, 2.75) is 11.4 Å². The SMILES string of the molecule is O=S(=O)(c1ccccc1Cl)N(Cc1cccnc1)c1cccc(F)c1. The van der Waals surface area contributed by atoms with Crippen molar-refractivity contribution in [1.82, 2.24) is 4.98 Å². The molecule has 4 nitrogen and oxygen atoms in total. The molecule has 1 aromatic heterocycles. The molecule has 7 heteroatoms. The summed E-state index contributed by atoms with van der Waals surface area (Å²) in [7, 11) is -3.99. The van der Waals surface area contributed by atoms with Crippen molar-refractivity contribution in [2.24, 2.45) is 0 Å². The molecule has 128 valence electrons. The number of rotatable bonds is 5. The molecule has 0 aliphatic carbocycles. The van der Waals surface area contributed by atoms with E-state index in [1.165, 1.54) is 36.4 Å². The van der Waals surface area contributed by atoms with Crippen LogP contribution in [0.5, 0.6) is 0 Å². The van der Waals surface area contributed by atoms with Crippen molar-refractivity contribution in [1.29, 1.82) is 0 Å². The highest BCUT2D eigenvalue weighted by molar-refractivity contribution is 7.93. The van der Waals surface area contributed by atoms with Gasteiger partial charge >= 0.3 is 0 Å². The first-order chi connectivity index (χ1) is 12.0. The van der Waals surface area contributed by atoms with E-state index in [2.05, 4.69) is 4.98 Å². The summed E-state index contributed by atoms with van der Waals surface area (Å²) >= 11 is 6.08. The minimum Gasteiger partial charge on any atom is -0.264 e. The van der Waals surface area contributed by atoms with Crippen molar-refractivity contribution in [3.8, 4) is 0 Å². The van der Waals surface area contributed by atoms with E-state index in [0.717, 1.165) is 4.31 Å². The normalized spacial score (nSPS) is 11.3. The van der Waals surface area contributed by atoms with Crippen molar-refractivity contribution >= 4 is 27.3 Å². The van der Waals surface area contributed by atoms with Gasteiger partial charge in [0, 0.05) is 12.4 Å². The summed E-state index contributed by atoms with van der Waals surface area (Å²) < 4.78 is 41.1. The van der Waals surface area contributed by atoms with E-state index >= 15 is 0 Å². The molecule has 0 aliphatic rings. The molecule has 0 atom stereocenters. The minimum atomic E-state index is -3.99. The number of pyridine rings is 1. The van der Waals surface area contributed by atoms with Crippen LogP contribution in [-0.4, -0.2) is 13.4 Å². The van der Waals surface area contributed by atoms with Crippen molar-refractivity contribution in [3.05, 3.63) is 89.5 Å². The average Bonchev–Trinajstić information content (AvgIpc) is 2.60. The van der Waals surface area contributed by atoms with Crippen molar-refractivity contribution in [2.75, 3.05) is 4.31 Å². The fourth-order valence-electron chi connectivity index (χ4n) is 2.38. The van der Waals surface area contributed by atoms with E-state index in [0.29, 0.717) is 5.56 Å². The van der Waals surface area contributed by atoms with Gasteiger partial charge in [0.1, 0.15) is 10.7 Å². The molecule has 0 N–H and O–H groups in total. The van der Waals surface area contributed by atoms with Crippen LogP contribution in [-0.2, 0) is 16.6 Å². The highest BCUT2D eigenvalue weighted by Crippen LogP contribution is 2.30. The molecule has 0 radical (unpaired) electrons. The summed E-state index contributed by atoms with van der Waals surface area (Å²) in [4.78, 5) is 3.96. The standard InChI is InChI=1S/C18H14ClFN2O2S/c19-17-8-1-2-9-18(17)25(23,24)22(13-14-5-4-10-21-12-14)16-7-3-6-15(20)11-16/h1-12H,13H2. The van der Waals surface area contributed by atoms with E-state index in [4.69, 9.17) is 11.6 Å². The zero-order valence-corrected chi connectivity index (χ0v) is 14.6. The van der Waals surface area contributed by atoms with Gasteiger partial charge in [-0.25, -0.2) is 12.8 Å². The molecule has 0 spiro atoms. The zero-order valence-electron chi connectivity index (χ0n) is 13.0. The third-order valence-electron chi connectivity index (χ3n) is 3.55. The molecule has 1 heterocycles. The average molecular weight is 377 g/mol. The number of aromatic nitrogens is 1. The molecular formula is C18H14ClFN2O2S. The maximum absolute atomic E-state index is 13.7. The molecule has 25 heavy (non-hydrogen) atoms. The molecule has 0 bridgehead atoms. The summed E-state index contributed by atoms with van der Waals surface area (Å²) in [6, 6.07) is 15.1. The molecule has 3 aromatic rings. The molecule has 0 amide bonds. The monoisotopic (exact) mass is 376 g/mol. The van der Waals surface area contributed by atoms with Gasteiger partial charge in [-0.2, -0.15) is 0 Å². The number of halogens is 2. The highest BCUT2D eigenvalue weighted by atomic mass is 35.5. The van der Waals surface area contributed by atoms with Crippen LogP contribution in [0.4, 0.5) is 10.1 Å². The lowest BCUT2D eigenvalue weighted by Gasteiger charge is -2.25. The molecule has 0 saturated heterocycles. The van der Waals surface area contributed by atoms with Gasteiger partial charge in [-0.05, 0) is 42.0 Å². The van der Waals surface area contributed by atoms with E-state index < -0.39 is 15.8 Å². The van der Waals surface area contributed by atoms with Gasteiger partial charge in [0.2, 0.25) is 0 Å². The van der Waals surface area contributed by atoms with Gasteiger partial charge in [-0.15, -0.1) is 0 Å². The fraction of sp³-hybridized carbons (Fsp3) is 0.0556. The van der Waals surface area contributed by atoms with Gasteiger partial charge in [0.05, 0.1) is 17.3 Å². The smallest absolute Gasteiger partial charge is 0.264 e. The Labute approximate surface area is 150 Å². The summed E-state index contributed by atoms with van der Waals surface area (Å²) in [5.74, 6) is -0.525. The number of benzene rings is 2. The Morgan fingerprint density at radius 2 is 1.84 bits per heavy atom. The molecule has 3 rings (SSSR count). The first kappa shape index (κ1) is 17.4. The van der Waals surface area contributed by atoms with Gasteiger partial charge in [0.15, 0.2) is 0 Å². The lowest BCUT2D eigenvalue weighted by atomic mass is 10.2. The summed E-state index contributed by atoms with van der Waals surface area (Å²) in [5.41, 5.74) is 0.881. The Hall–Kier alpha value is -2.44. The van der Waals surface area contributed by atoms with Crippen molar-refractivity contribution in [3.63, 3.8) is 0 Å². The number of nitrogens with zero attached hydrogens (tertiary/aromatic N) is 2. The van der Waals surface area contributed by atoms with Crippen LogP contribution < -0.4 is 4.31 Å². The Bertz CT molecular complexity index is 981. The maximum atomic E-state index is 13.7. The predicted molar refractivity (Wildman–Crippen MR) is 95.5 cm³/mol. The summed E-state index contributed by atoms with van der Waals surface area (Å²) in [5, 5.41) is 0.107. The van der Waals surface area contributed by atoms with Crippen molar-refractivity contribution < 1.29 is 12.8 Å². The Balaban J connectivity index is 2.12. The van der Waals surface area contributed by atoms with Gasteiger partial charge < -0.3 is 0 Å². The highest BCUT2D eigenvalue weighted by Gasteiger charge is 2.27. The lowest BCUT2D eigenvalue weighted by Crippen LogP contribution is -2.31. The Morgan fingerprint density at radius 1 is 1.04 bits per heavy atom. The van der Waals surface area contributed by atoms with Gasteiger partial charge in [0.25, 0.3) is 10.0 Å². The van der Waals surface area contributed by atoms with Crippen LogP contribution in [0, 0.1) is 5.82 Å². The van der Waals surface area contributed by atoms with Crippen LogP contribution in [0.3, 0.4) is 0 Å². The second-order valence-electron chi connectivity index (χ2n) is 5.28. The van der Waals surface area contributed by atoms with E-state index in [-0.39, 0.29) is 22.2 Å². The third kappa shape index (κ3) is 3.81. The Morgan fingerprint density at radius 3 is 2.52 bits per heavy atom. The van der Waals surface area contributed by atoms with Gasteiger partial charge in [-0.1, -0.05) is 35.9 Å². The number of hydrogen-bond donors (Lipinski definition) is 0. The first-order valence-corrected chi connectivity index (χ1v) is 9.22. The lowest BCUT2D eigenvalue weighted by molar-refractivity contribution is 0.590. The summed E-state index contributed by atoms with van der Waals surface area (Å²) in [6.45, 7) is 0.00481. The zero-order chi connectivity index (χ0) is 17.9. The Kier molecular flexibility index (Phi) is 5.01. The van der Waals surface area contributed by atoms with Gasteiger partial charge in [-0.3, -0.25) is 9.29 Å². The third-order valence-corrected chi connectivity index (χ3v) is 5.82. The molecule has 0 fully saturated rings. The maximum Gasteiger partial charge on any atom is 0.266 e. The van der Waals surface area contributed by atoms with E-state index in [9.17, 15) is 12.8 Å². The predicted octanol–water partition coefficient (Wildman–Crippen LogP) is 4.27. The molecule has 0 aliphatic heterocycles. The molecular weight excluding hydrogens is 363 g/mol. The van der Waals surface area contributed by atoms with Crippen LogP contribution in [0.2, 0.25) is 5.02 Å². The largest absolute Gasteiger partial charge is 0.266 e. The van der Waals surface area contributed by atoms with Crippen LogP contribution in [0.25, 0.3) is 0 Å². The fourth-order valence-corrected chi connectivity index (χ4v) is 4.32. The second kappa shape index (κ2) is 7.21. The van der Waals surface area contributed by atoms with Crippen LogP contribution >= 0.6 is 11.6 Å².